The van der Waals surface area contributed by atoms with E-state index in [0.29, 0.717) is 37.4 Å². The number of hydrogen-bond donors (Lipinski definition) is 1. The molecule has 1 saturated heterocycles. The first-order chi connectivity index (χ1) is 15.3. The summed E-state index contributed by atoms with van der Waals surface area (Å²) >= 11 is 0. The first kappa shape index (κ1) is 23.4. The molecule has 1 atom stereocenters. The van der Waals surface area contributed by atoms with Gasteiger partial charge in [0.15, 0.2) is 5.78 Å². The Labute approximate surface area is 188 Å². The van der Waals surface area contributed by atoms with Crippen molar-refractivity contribution in [3.8, 4) is 0 Å². The van der Waals surface area contributed by atoms with Gasteiger partial charge in [-0.05, 0) is 36.6 Å². The minimum absolute atomic E-state index is 0.0585. The molecule has 1 aliphatic rings. The van der Waals surface area contributed by atoms with E-state index in [1.165, 1.54) is 13.0 Å². The molecular formula is C25H30FN3O3. The normalized spacial score (nSPS) is 14.9. The molecule has 2 aromatic rings. The number of hydrogen-bond acceptors (Lipinski definition) is 4. The van der Waals surface area contributed by atoms with Crippen LogP contribution in [0.1, 0.15) is 36.7 Å². The van der Waals surface area contributed by atoms with Crippen LogP contribution in [0.5, 0.6) is 0 Å². The molecule has 1 N–H and O–H groups in total. The molecule has 1 fully saturated rings. The number of anilines is 1. The maximum Gasteiger partial charge on any atom is 0.245 e. The van der Waals surface area contributed by atoms with Gasteiger partial charge in [-0.2, -0.15) is 0 Å². The van der Waals surface area contributed by atoms with Gasteiger partial charge in [-0.15, -0.1) is 0 Å². The molecule has 3 rings (SSSR count). The van der Waals surface area contributed by atoms with Crippen molar-refractivity contribution in [1.82, 2.24) is 10.2 Å². The van der Waals surface area contributed by atoms with Gasteiger partial charge in [0.05, 0.1) is 12.1 Å². The number of ketones is 1. The number of rotatable bonds is 7. The summed E-state index contributed by atoms with van der Waals surface area (Å²) in [6.45, 7) is 7.05. The zero-order valence-corrected chi connectivity index (χ0v) is 18.8. The predicted octanol–water partition coefficient (Wildman–Crippen LogP) is 3.06. The summed E-state index contributed by atoms with van der Waals surface area (Å²) in [5, 5.41) is 2.90. The molecule has 0 radical (unpaired) electrons. The van der Waals surface area contributed by atoms with Crippen molar-refractivity contribution in [1.29, 1.82) is 0 Å². The average Bonchev–Trinajstić information content (AvgIpc) is 2.77. The number of carbonyl (C=O) groups excluding carboxylic acids is 3. The highest BCUT2D eigenvalue weighted by Gasteiger charge is 2.31. The molecule has 1 heterocycles. The highest BCUT2D eigenvalue weighted by atomic mass is 19.1. The largest absolute Gasteiger partial charge is 0.366 e. The standard InChI is InChI=1S/C25H30FN3O3/c1-17(2)24(27-23(31)15-19-7-5-4-6-8-19)25(32)29-13-11-28(12-14-29)22-10-9-20(18(3)30)16-21(22)26/h4-10,16-17,24H,11-15H2,1-3H3,(H,27,31)/t24-/m0/s1. The summed E-state index contributed by atoms with van der Waals surface area (Å²) < 4.78 is 14.5. The van der Waals surface area contributed by atoms with Crippen LogP contribution in [0.2, 0.25) is 0 Å². The smallest absolute Gasteiger partial charge is 0.245 e. The zero-order valence-electron chi connectivity index (χ0n) is 18.8. The van der Waals surface area contributed by atoms with E-state index < -0.39 is 11.9 Å². The molecule has 7 heteroatoms. The first-order valence-corrected chi connectivity index (χ1v) is 10.9. The number of Topliss-reactive ketones (excluding diaryl/α,β-unsaturated/α-hetero) is 1. The van der Waals surface area contributed by atoms with Gasteiger partial charge in [-0.25, -0.2) is 4.39 Å². The Kier molecular flexibility index (Phi) is 7.62. The van der Waals surface area contributed by atoms with Crippen molar-refractivity contribution < 1.29 is 18.8 Å². The zero-order chi connectivity index (χ0) is 23.3. The number of nitrogens with zero attached hydrogens (tertiary/aromatic N) is 2. The van der Waals surface area contributed by atoms with Gasteiger partial charge < -0.3 is 15.1 Å². The van der Waals surface area contributed by atoms with Crippen LogP contribution < -0.4 is 10.2 Å². The van der Waals surface area contributed by atoms with Gasteiger partial charge in [0.25, 0.3) is 0 Å². The molecular weight excluding hydrogens is 409 g/mol. The van der Waals surface area contributed by atoms with Crippen molar-refractivity contribution in [3.63, 3.8) is 0 Å². The van der Waals surface area contributed by atoms with Crippen molar-refractivity contribution in [3.05, 3.63) is 65.5 Å². The predicted molar refractivity (Wildman–Crippen MR) is 122 cm³/mol. The summed E-state index contributed by atoms with van der Waals surface area (Å²) in [6.07, 6.45) is 0.223. The third-order valence-corrected chi connectivity index (χ3v) is 5.74. The number of amides is 2. The molecule has 0 spiro atoms. The van der Waals surface area contributed by atoms with E-state index in [4.69, 9.17) is 0 Å². The second-order valence-corrected chi connectivity index (χ2v) is 8.49. The second-order valence-electron chi connectivity index (χ2n) is 8.49. The van der Waals surface area contributed by atoms with Gasteiger partial charge >= 0.3 is 0 Å². The van der Waals surface area contributed by atoms with E-state index >= 15 is 0 Å². The molecule has 0 bridgehead atoms. The Hall–Kier alpha value is -3.22. The Balaban J connectivity index is 1.60. The van der Waals surface area contributed by atoms with Crippen LogP contribution in [-0.2, 0) is 16.0 Å². The molecule has 0 aromatic heterocycles. The molecule has 170 valence electrons. The number of carbonyl (C=O) groups is 3. The summed E-state index contributed by atoms with van der Waals surface area (Å²) in [4.78, 5) is 40.7. The van der Waals surface area contributed by atoms with Crippen LogP contribution in [-0.4, -0.2) is 54.7 Å². The maximum atomic E-state index is 14.5. The lowest BCUT2D eigenvalue weighted by Gasteiger charge is -2.38. The van der Waals surface area contributed by atoms with E-state index in [1.807, 2.05) is 49.1 Å². The fourth-order valence-electron chi connectivity index (χ4n) is 3.87. The number of halogens is 1. The molecule has 0 unspecified atom stereocenters. The van der Waals surface area contributed by atoms with Gasteiger partial charge in [0.1, 0.15) is 11.9 Å². The summed E-state index contributed by atoms with van der Waals surface area (Å²) in [6, 6.07) is 13.3. The maximum absolute atomic E-state index is 14.5. The van der Waals surface area contributed by atoms with E-state index in [1.54, 1.807) is 17.0 Å². The van der Waals surface area contributed by atoms with Crippen LogP contribution in [0.4, 0.5) is 10.1 Å². The first-order valence-electron chi connectivity index (χ1n) is 10.9. The second kappa shape index (κ2) is 10.4. The van der Waals surface area contributed by atoms with Crippen LogP contribution in [0.25, 0.3) is 0 Å². The number of benzene rings is 2. The Bertz CT molecular complexity index is 970. The van der Waals surface area contributed by atoms with Crippen molar-refractivity contribution in [2.24, 2.45) is 5.92 Å². The van der Waals surface area contributed by atoms with Gasteiger partial charge in [0.2, 0.25) is 11.8 Å². The molecule has 6 nitrogen and oxygen atoms in total. The lowest BCUT2D eigenvalue weighted by atomic mass is 10.0. The Morgan fingerprint density at radius 3 is 2.22 bits per heavy atom. The monoisotopic (exact) mass is 439 g/mol. The molecule has 2 aromatic carbocycles. The minimum Gasteiger partial charge on any atom is -0.366 e. The Morgan fingerprint density at radius 2 is 1.66 bits per heavy atom. The molecule has 2 amide bonds. The van der Waals surface area contributed by atoms with Crippen LogP contribution in [0, 0.1) is 11.7 Å². The molecule has 1 aliphatic heterocycles. The van der Waals surface area contributed by atoms with Crippen molar-refractivity contribution in [2.45, 2.75) is 33.2 Å². The van der Waals surface area contributed by atoms with Gasteiger partial charge in [-0.1, -0.05) is 44.2 Å². The SMILES string of the molecule is CC(=O)c1ccc(N2CCN(C(=O)[C@@H](NC(=O)Cc3ccccc3)C(C)C)CC2)c(F)c1. The third-order valence-electron chi connectivity index (χ3n) is 5.74. The van der Waals surface area contributed by atoms with Crippen molar-refractivity contribution in [2.75, 3.05) is 31.1 Å². The fourth-order valence-corrected chi connectivity index (χ4v) is 3.87. The Morgan fingerprint density at radius 1 is 1.00 bits per heavy atom. The lowest BCUT2D eigenvalue weighted by molar-refractivity contribution is -0.137. The van der Waals surface area contributed by atoms with Crippen LogP contribution in [0.3, 0.4) is 0 Å². The topological polar surface area (TPSA) is 69.7 Å². The van der Waals surface area contributed by atoms with E-state index in [-0.39, 0.29) is 29.9 Å². The van der Waals surface area contributed by atoms with E-state index in [0.717, 1.165) is 5.56 Å². The van der Waals surface area contributed by atoms with Crippen LogP contribution in [0.15, 0.2) is 48.5 Å². The number of piperazine rings is 1. The van der Waals surface area contributed by atoms with Gasteiger partial charge in [-0.3, -0.25) is 14.4 Å². The molecule has 0 saturated carbocycles. The van der Waals surface area contributed by atoms with Crippen molar-refractivity contribution >= 4 is 23.3 Å². The summed E-state index contributed by atoms with van der Waals surface area (Å²) in [5.74, 6) is -0.981. The average molecular weight is 440 g/mol. The molecule has 32 heavy (non-hydrogen) atoms. The molecule has 0 aliphatic carbocycles. The fraction of sp³-hybridized carbons (Fsp3) is 0.400. The summed E-state index contributed by atoms with van der Waals surface area (Å²) in [7, 11) is 0. The third kappa shape index (κ3) is 5.72. The quantitative estimate of drug-likeness (QED) is 0.674. The lowest BCUT2D eigenvalue weighted by Crippen LogP contribution is -2.56. The highest BCUT2D eigenvalue weighted by Crippen LogP contribution is 2.23. The van der Waals surface area contributed by atoms with E-state index in [9.17, 15) is 18.8 Å². The number of nitrogens with one attached hydrogen (secondary N) is 1. The van der Waals surface area contributed by atoms with Gasteiger partial charge in [0, 0.05) is 31.7 Å². The summed E-state index contributed by atoms with van der Waals surface area (Å²) in [5.41, 5.74) is 1.66. The van der Waals surface area contributed by atoms with Crippen LogP contribution >= 0.6 is 0 Å². The van der Waals surface area contributed by atoms with E-state index in [2.05, 4.69) is 5.32 Å². The highest BCUT2D eigenvalue weighted by molar-refractivity contribution is 5.94. The minimum atomic E-state index is -0.607.